The fraction of sp³-hybridized carbons (Fsp3) is 0. The van der Waals surface area contributed by atoms with Crippen LogP contribution in [0.4, 0.5) is 0 Å². The second-order valence-electron chi connectivity index (χ2n) is 0.338. The Morgan fingerprint density at radius 3 is 1.50 bits per heavy atom. The van der Waals surface area contributed by atoms with Gasteiger partial charge in [-0.1, -0.05) is 0 Å². The van der Waals surface area contributed by atoms with Gasteiger partial charge < -0.3 is 10.8 Å². The molecular formula is CH5K2NOS. The molecule has 0 aromatic heterocycles. The second kappa shape index (κ2) is 10.9. The summed E-state index contributed by atoms with van der Waals surface area (Å²) in [5, 5.41) is 7.06. The summed E-state index contributed by atoms with van der Waals surface area (Å²) in [5.41, 5.74) is 4.40. The van der Waals surface area contributed by atoms with Crippen LogP contribution in [0.15, 0.2) is 0 Å². The topological polar surface area (TPSA) is 46.2 Å². The van der Waals surface area contributed by atoms with Crippen LogP contribution in [0.1, 0.15) is 0 Å². The van der Waals surface area contributed by atoms with Gasteiger partial charge in [0.1, 0.15) is 0 Å². The van der Waals surface area contributed by atoms with Gasteiger partial charge in [-0.25, -0.2) is 0 Å². The molecule has 0 fully saturated rings. The van der Waals surface area contributed by atoms with E-state index in [0.717, 1.165) is 0 Å². The van der Waals surface area contributed by atoms with Crippen molar-refractivity contribution in [3.8, 4) is 0 Å². The molecule has 0 aliphatic rings. The zero-order chi connectivity index (χ0) is 3.58. The van der Waals surface area contributed by atoms with E-state index in [2.05, 4.69) is 18.0 Å². The first kappa shape index (κ1) is 16.0. The minimum atomic E-state index is -0.500. The fourth-order valence-corrected chi connectivity index (χ4v) is 0. The van der Waals surface area contributed by atoms with Crippen LogP contribution < -0.4 is 5.73 Å². The number of nitrogens with two attached hydrogens (primary N) is 1. The summed E-state index contributed by atoms with van der Waals surface area (Å²) in [5.74, 6) is 0. The fourth-order valence-electron chi connectivity index (χ4n) is 0. The molecule has 6 heavy (non-hydrogen) atoms. The van der Waals surface area contributed by atoms with Crippen molar-refractivity contribution in [3.63, 3.8) is 0 Å². The summed E-state index contributed by atoms with van der Waals surface area (Å²) < 4.78 is 0. The van der Waals surface area contributed by atoms with E-state index in [-0.39, 0.29) is 103 Å². The normalized spacial score (nSPS) is 4.00. The van der Waals surface area contributed by atoms with Crippen molar-refractivity contribution >= 4 is 120 Å². The Morgan fingerprint density at radius 2 is 1.50 bits per heavy atom. The number of rotatable bonds is 0. The van der Waals surface area contributed by atoms with Gasteiger partial charge in [0.25, 0.3) is 5.17 Å². The average Bonchev–Trinajstić information content (AvgIpc) is 0.811. The molecule has 0 heterocycles. The van der Waals surface area contributed by atoms with Gasteiger partial charge in [-0.3, -0.25) is 0 Å². The van der Waals surface area contributed by atoms with Gasteiger partial charge in [-0.05, 0) is 12.2 Å². The molecule has 28 valence electrons. The van der Waals surface area contributed by atoms with Gasteiger partial charge in [-0.15, -0.1) is 0 Å². The van der Waals surface area contributed by atoms with E-state index in [1.807, 2.05) is 0 Å². The Balaban J connectivity index is -0.0000000450. The number of hydrogen-bond acceptors (Lipinski definition) is 1. The Bertz CT molecular complexity index is 36.5. The van der Waals surface area contributed by atoms with Crippen LogP contribution in [0.25, 0.3) is 0 Å². The Morgan fingerprint density at radius 1 is 1.50 bits per heavy atom. The molecule has 0 spiro atoms. The van der Waals surface area contributed by atoms with Crippen molar-refractivity contribution in [2.24, 2.45) is 5.73 Å². The molecule has 0 saturated carbocycles. The van der Waals surface area contributed by atoms with Gasteiger partial charge >= 0.3 is 103 Å². The number of thiocarbonyl (C=S) groups is 1. The van der Waals surface area contributed by atoms with Crippen LogP contribution in [0, 0.1) is 0 Å². The molecule has 0 bridgehead atoms. The molecule has 0 unspecified atom stereocenters. The third-order valence-electron chi connectivity index (χ3n) is 0. The summed E-state index contributed by atoms with van der Waals surface area (Å²) in [6, 6.07) is 0. The summed E-state index contributed by atoms with van der Waals surface area (Å²) in [4.78, 5) is 0. The molecule has 0 atom stereocenters. The van der Waals surface area contributed by atoms with Crippen LogP contribution in [0.3, 0.4) is 0 Å². The minimum absolute atomic E-state index is 0. The van der Waals surface area contributed by atoms with Gasteiger partial charge in [-0.2, -0.15) is 0 Å². The molecule has 0 saturated heterocycles. The average molecular weight is 157 g/mol. The SMILES string of the molecule is NC(O)=S.[KH].[KH]. The van der Waals surface area contributed by atoms with Crippen molar-refractivity contribution in [2.45, 2.75) is 0 Å². The molecule has 0 amide bonds. The van der Waals surface area contributed by atoms with Gasteiger partial charge in [0, 0.05) is 0 Å². The predicted octanol–water partition coefficient (Wildman–Crippen LogP) is -1.51. The van der Waals surface area contributed by atoms with Gasteiger partial charge in [0.05, 0.1) is 0 Å². The quantitative estimate of drug-likeness (QED) is 0.332. The van der Waals surface area contributed by atoms with Crippen LogP contribution in [0.5, 0.6) is 0 Å². The molecule has 0 aromatic rings. The van der Waals surface area contributed by atoms with Crippen LogP contribution in [-0.2, 0) is 0 Å². The van der Waals surface area contributed by atoms with Crippen molar-refractivity contribution < 1.29 is 5.11 Å². The second-order valence-corrected chi connectivity index (χ2v) is 0.757. The van der Waals surface area contributed by atoms with E-state index in [4.69, 9.17) is 5.11 Å². The number of hydrogen-bond donors (Lipinski definition) is 2. The molecular weight excluding hydrogens is 152 g/mol. The molecule has 5 heteroatoms. The number of aliphatic hydroxyl groups is 1. The van der Waals surface area contributed by atoms with Crippen molar-refractivity contribution in [3.05, 3.63) is 0 Å². The third-order valence-corrected chi connectivity index (χ3v) is 0. The molecule has 0 aromatic carbocycles. The summed E-state index contributed by atoms with van der Waals surface area (Å²) in [6.45, 7) is 0. The van der Waals surface area contributed by atoms with Crippen molar-refractivity contribution in [2.75, 3.05) is 0 Å². The zero-order valence-corrected chi connectivity index (χ0v) is 2.75. The molecule has 0 aliphatic carbocycles. The summed E-state index contributed by atoms with van der Waals surface area (Å²) in [6.07, 6.45) is 0. The van der Waals surface area contributed by atoms with E-state index in [0.29, 0.717) is 0 Å². The van der Waals surface area contributed by atoms with E-state index < -0.39 is 5.17 Å². The first-order valence-electron chi connectivity index (χ1n) is 0.716. The van der Waals surface area contributed by atoms with E-state index in [9.17, 15) is 0 Å². The van der Waals surface area contributed by atoms with E-state index in [1.54, 1.807) is 0 Å². The third kappa shape index (κ3) is 28.2. The molecule has 2 nitrogen and oxygen atoms in total. The standard InChI is InChI=1S/CH3NOS.2K.2H/c2-1(3)4;;;;/h(H3,2,3,4);;;;. The van der Waals surface area contributed by atoms with Crippen molar-refractivity contribution in [1.82, 2.24) is 0 Å². The van der Waals surface area contributed by atoms with Crippen LogP contribution in [0.2, 0.25) is 0 Å². The van der Waals surface area contributed by atoms with Gasteiger partial charge in [0.2, 0.25) is 0 Å². The molecule has 3 N–H and O–H groups in total. The first-order valence-corrected chi connectivity index (χ1v) is 1.12. The zero-order valence-electron chi connectivity index (χ0n) is 1.93. The van der Waals surface area contributed by atoms with E-state index >= 15 is 0 Å². The molecule has 0 rings (SSSR count). The summed E-state index contributed by atoms with van der Waals surface area (Å²) in [7, 11) is 0. The molecule has 0 radical (unpaired) electrons. The maximum atomic E-state index is 7.56. The van der Waals surface area contributed by atoms with E-state index in [1.165, 1.54) is 0 Å². The Kier molecular flexibility index (Phi) is 28.9. The maximum absolute atomic E-state index is 7.56. The predicted molar refractivity (Wildman–Crippen MR) is 33.7 cm³/mol. The molecule has 0 aliphatic heterocycles. The monoisotopic (exact) mass is 157 g/mol. The summed E-state index contributed by atoms with van der Waals surface area (Å²) >= 11 is 3.87. The Hall–Kier alpha value is 2.96. The first-order chi connectivity index (χ1) is 1.73. The van der Waals surface area contributed by atoms with Crippen LogP contribution in [-0.4, -0.2) is 113 Å². The Labute approximate surface area is 127 Å². The van der Waals surface area contributed by atoms with Crippen molar-refractivity contribution in [1.29, 1.82) is 0 Å². The van der Waals surface area contributed by atoms with Crippen LogP contribution >= 0.6 is 12.2 Å². The van der Waals surface area contributed by atoms with Gasteiger partial charge in [0.15, 0.2) is 0 Å². The number of aliphatic hydroxyl groups excluding tert-OH is 1.